The van der Waals surface area contributed by atoms with Crippen molar-refractivity contribution in [2.45, 2.75) is 0 Å². The summed E-state index contributed by atoms with van der Waals surface area (Å²) in [7, 11) is 1.94. The van der Waals surface area contributed by atoms with Gasteiger partial charge in [-0.05, 0) is 24.3 Å². The van der Waals surface area contributed by atoms with E-state index in [1.54, 1.807) is 24.4 Å². The lowest BCUT2D eigenvalue weighted by molar-refractivity contribution is 0.475. The van der Waals surface area contributed by atoms with Crippen LogP contribution in [0.15, 0.2) is 42.6 Å². The molecular weight excluding hydrogens is 214 g/mol. The predicted molar refractivity (Wildman–Crippen MR) is 65.6 cm³/mol. The number of benzene rings is 1. The second-order valence-corrected chi connectivity index (χ2v) is 3.89. The fraction of sp³-hybridized carbons (Fsp3) is 0.0769. The van der Waals surface area contributed by atoms with Crippen LogP contribution in [0, 0.1) is 0 Å². The zero-order valence-corrected chi connectivity index (χ0v) is 9.33. The number of fused-ring (bicyclic) bond motifs is 1. The number of aryl methyl sites for hydroxylation is 1. The summed E-state index contributed by atoms with van der Waals surface area (Å²) in [6.07, 6.45) is 1.72. The molecule has 0 radical (unpaired) electrons. The first kappa shape index (κ1) is 9.84. The predicted octanol–water partition coefficient (Wildman–Crippen LogP) is 2.34. The van der Waals surface area contributed by atoms with Crippen LogP contribution >= 0.6 is 0 Å². The van der Waals surface area contributed by atoms with Crippen LogP contribution in [0.25, 0.3) is 22.6 Å². The Morgan fingerprint density at radius 2 is 2.06 bits per heavy atom. The summed E-state index contributed by atoms with van der Waals surface area (Å²) in [5, 5.41) is 9.49. The summed E-state index contributed by atoms with van der Waals surface area (Å²) in [4.78, 5) is 8.68. The van der Waals surface area contributed by atoms with Gasteiger partial charge in [0.2, 0.25) is 0 Å². The summed E-state index contributed by atoms with van der Waals surface area (Å²) in [6.45, 7) is 0. The molecule has 0 aliphatic carbocycles. The molecule has 84 valence electrons. The van der Waals surface area contributed by atoms with Crippen LogP contribution in [0.2, 0.25) is 0 Å². The Morgan fingerprint density at radius 1 is 1.18 bits per heavy atom. The number of phenolic OH excluding ortho intramolecular Hbond substituents is 1. The van der Waals surface area contributed by atoms with E-state index in [9.17, 15) is 5.11 Å². The van der Waals surface area contributed by atoms with Crippen LogP contribution in [0.3, 0.4) is 0 Å². The van der Waals surface area contributed by atoms with Gasteiger partial charge in [0, 0.05) is 18.8 Å². The smallest absolute Gasteiger partial charge is 0.178 e. The van der Waals surface area contributed by atoms with E-state index in [1.807, 2.05) is 29.8 Å². The standard InChI is InChI=1S/C13H11N3O/c1-16-11-6-3-7-14-12(11)15-13(16)9-4-2-5-10(17)8-9/h2-8,17H,1H3. The number of rotatable bonds is 1. The van der Waals surface area contributed by atoms with Gasteiger partial charge >= 0.3 is 0 Å². The first-order valence-corrected chi connectivity index (χ1v) is 5.32. The molecule has 0 saturated heterocycles. The maximum absolute atomic E-state index is 9.49. The fourth-order valence-electron chi connectivity index (χ4n) is 1.93. The number of pyridine rings is 1. The SMILES string of the molecule is Cn1c(-c2cccc(O)c2)nc2ncccc21. The summed E-state index contributed by atoms with van der Waals surface area (Å²) in [5.74, 6) is 1.04. The lowest BCUT2D eigenvalue weighted by Gasteiger charge is -2.02. The first-order valence-electron chi connectivity index (χ1n) is 5.32. The van der Waals surface area contributed by atoms with E-state index in [0.717, 1.165) is 16.9 Å². The van der Waals surface area contributed by atoms with Crippen molar-refractivity contribution in [2.75, 3.05) is 0 Å². The Morgan fingerprint density at radius 3 is 2.82 bits per heavy atom. The van der Waals surface area contributed by atoms with Crippen molar-refractivity contribution in [3.05, 3.63) is 42.6 Å². The van der Waals surface area contributed by atoms with E-state index in [4.69, 9.17) is 0 Å². The number of aromatic hydroxyl groups is 1. The van der Waals surface area contributed by atoms with E-state index in [0.29, 0.717) is 5.65 Å². The molecule has 2 heterocycles. The van der Waals surface area contributed by atoms with Crippen LogP contribution in [0.5, 0.6) is 5.75 Å². The van der Waals surface area contributed by atoms with E-state index >= 15 is 0 Å². The van der Waals surface area contributed by atoms with Crippen LogP contribution < -0.4 is 0 Å². The van der Waals surface area contributed by atoms with Gasteiger partial charge in [-0.1, -0.05) is 12.1 Å². The number of hydrogen-bond acceptors (Lipinski definition) is 3. The molecule has 0 fully saturated rings. The highest BCUT2D eigenvalue weighted by Crippen LogP contribution is 2.24. The van der Waals surface area contributed by atoms with Crippen molar-refractivity contribution in [1.29, 1.82) is 0 Å². The van der Waals surface area contributed by atoms with Gasteiger partial charge in [-0.25, -0.2) is 9.97 Å². The molecule has 0 bridgehead atoms. The topological polar surface area (TPSA) is 50.9 Å². The van der Waals surface area contributed by atoms with E-state index in [2.05, 4.69) is 9.97 Å². The van der Waals surface area contributed by atoms with Crippen LogP contribution in [0.1, 0.15) is 0 Å². The average Bonchev–Trinajstić information content (AvgIpc) is 2.68. The van der Waals surface area contributed by atoms with Crippen molar-refractivity contribution in [2.24, 2.45) is 7.05 Å². The average molecular weight is 225 g/mol. The molecule has 0 amide bonds. The number of nitrogens with zero attached hydrogens (tertiary/aromatic N) is 3. The van der Waals surface area contributed by atoms with Crippen LogP contribution in [-0.4, -0.2) is 19.6 Å². The molecule has 2 aromatic heterocycles. The molecule has 3 rings (SSSR count). The monoisotopic (exact) mass is 225 g/mol. The van der Waals surface area contributed by atoms with E-state index in [1.165, 1.54) is 0 Å². The Kier molecular flexibility index (Phi) is 2.08. The second kappa shape index (κ2) is 3.59. The minimum Gasteiger partial charge on any atom is -0.508 e. The van der Waals surface area contributed by atoms with Crippen LogP contribution in [0.4, 0.5) is 0 Å². The van der Waals surface area contributed by atoms with Crippen molar-refractivity contribution in [1.82, 2.24) is 14.5 Å². The van der Waals surface area contributed by atoms with Gasteiger partial charge in [0.1, 0.15) is 11.6 Å². The molecule has 0 spiro atoms. The molecule has 3 aromatic rings. The molecule has 17 heavy (non-hydrogen) atoms. The first-order chi connectivity index (χ1) is 8.25. The maximum atomic E-state index is 9.49. The third-order valence-electron chi connectivity index (χ3n) is 2.76. The third-order valence-corrected chi connectivity index (χ3v) is 2.76. The molecule has 0 aliphatic rings. The Labute approximate surface area is 98.2 Å². The van der Waals surface area contributed by atoms with Gasteiger partial charge in [0.25, 0.3) is 0 Å². The normalized spacial score (nSPS) is 10.9. The van der Waals surface area contributed by atoms with E-state index in [-0.39, 0.29) is 5.75 Å². The van der Waals surface area contributed by atoms with Crippen molar-refractivity contribution in [3.63, 3.8) is 0 Å². The number of phenols is 1. The maximum Gasteiger partial charge on any atom is 0.178 e. The Bertz CT molecular complexity index is 688. The Hall–Kier alpha value is -2.36. The molecule has 1 aromatic carbocycles. The summed E-state index contributed by atoms with van der Waals surface area (Å²) >= 11 is 0. The second-order valence-electron chi connectivity index (χ2n) is 3.89. The lowest BCUT2D eigenvalue weighted by Crippen LogP contribution is -1.91. The molecule has 0 saturated carbocycles. The molecular formula is C13H11N3O. The summed E-state index contributed by atoms with van der Waals surface area (Å²) in [6, 6.07) is 10.9. The van der Waals surface area contributed by atoms with Gasteiger partial charge in [-0.15, -0.1) is 0 Å². The van der Waals surface area contributed by atoms with Gasteiger partial charge < -0.3 is 9.67 Å². The lowest BCUT2D eigenvalue weighted by atomic mass is 10.2. The zero-order chi connectivity index (χ0) is 11.8. The van der Waals surface area contributed by atoms with Gasteiger partial charge in [0.15, 0.2) is 5.65 Å². The summed E-state index contributed by atoms with van der Waals surface area (Å²) < 4.78 is 1.97. The fourth-order valence-corrected chi connectivity index (χ4v) is 1.93. The van der Waals surface area contributed by atoms with E-state index < -0.39 is 0 Å². The minimum atomic E-state index is 0.238. The Balaban J connectivity index is 2.27. The molecule has 0 atom stereocenters. The minimum absolute atomic E-state index is 0.238. The highest BCUT2D eigenvalue weighted by molar-refractivity contribution is 5.77. The molecule has 4 nitrogen and oxygen atoms in total. The molecule has 1 N–H and O–H groups in total. The molecule has 0 unspecified atom stereocenters. The summed E-state index contributed by atoms with van der Waals surface area (Å²) in [5.41, 5.74) is 2.57. The highest BCUT2D eigenvalue weighted by atomic mass is 16.3. The molecule has 4 heteroatoms. The van der Waals surface area contributed by atoms with Gasteiger partial charge in [-0.3, -0.25) is 0 Å². The zero-order valence-electron chi connectivity index (χ0n) is 9.33. The largest absolute Gasteiger partial charge is 0.508 e. The molecule has 0 aliphatic heterocycles. The highest BCUT2D eigenvalue weighted by Gasteiger charge is 2.10. The number of imidazole rings is 1. The van der Waals surface area contributed by atoms with Crippen LogP contribution in [-0.2, 0) is 7.05 Å². The van der Waals surface area contributed by atoms with Gasteiger partial charge in [0.05, 0.1) is 5.52 Å². The number of aromatic nitrogens is 3. The van der Waals surface area contributed by atoms with Gasteiger partial charge in [-0.2, -0.15) is 0 Å². The van der Waals surface area contributed by atoms with Crippen molar-refractivity contribution < 1.29 is 5.11 Å². The van der Waals surface area contributed by atoms with Crippen molar-refractivity contribution in [3.8, 4) is 17.1 Å². The quantitative estimate of drug-likeness (QED) is 0.691. The van der Waals surface area contributed by atoms with Crippen molar-refractivity contribution >= 4 is 11.2 Å². The number of hydrogen-bond donors (Lipinski definition) is 1. The third kappa shape index (κ3) is 1.54.